The molecule has 3 aromatic rings. The topological polar surface area (TPSA) is 61.7 Å². The van der Waals surface area contributed by atoms with E-state index in [9.17, 15) is 9.90 Å². The second-order valence-electron chi connectivity index (χ2n) is 5.16. The van der Waals surface area contributed by atoms with Gasteiger partial charge in [0.05, 0.1) is 6.21 Å². The molecule has 5 heteroatoms. The van der Waals surface area contributed by atoms with Gasteiger partial charge in [-0.1, -0.05) is 66.7 Å². The van der Waals surface area contributed by atoms with Crippen molar-refractivity contribution >= 4 is 23.5 Å². The summed E-state index contributed by atoms with van der Waals surface area (Å²) in [4.78, 5) is 13.6. The van der Waals surface area contributed by atoms with Gasteiger partial charge >= 0.3 is 0 Å². The lowest BCUT2D eigenvalue weighted by atomic mass is 9.85. The average Bonchev–Trinajstić information content (AvgIpc) is 3.16. The second-order valence-corrected chi connectivity index (χ2v) is 6.14. The number of hydrogen-bond acceptors (Lipinski definition) is 4. The highest BCUT2D eigenvalue weighted by Gasteiger charge is 2.39. The number of thiophene rings is 1. The maximum Gasteiger partial charge on any atom is 0.281 e. The number of nitrogens with one attached hydrogen (secondary N) is 1. The number of rotatable bonds is 5. The molecule has 1 heterocycles. The molecule has 0 aliphatic carbocycles. The third-order valence-electron chi connectivity index (χ3n) is 3.61. The summed E-state index contributed by atoms with van der Waals surface area (Å²) in [7, 11) is 0. The van der Waals surface area contributed by atoms with E-state index >= 15 is 0 Å². The molecular weight excluding hydrogens is 320 g/mol. The van der Waals surface area contributed by atoms with Gasteiger partial charge in [0.15, 0.2) is 5.60 Å². The number of amides is 1. The van der Waals surface area contributed by atoms with Crippen LogP contribution in [0.1, 0.15) is 16.0 Å². The van der Waals surface area contributed by atoms with Gasteiger partial charge in [0.2, 0.25) is 0 Å². The molecule has 0 aliphatic heterocycles. The second kappa shape index (κ2) is 7.21. The first kappa shape index (κ1) is 16.1. The first-order valence-electron chi connectivity index (χ1n) is 7.41. The van der Waals surface area contributed by atoms with Crippen molar-refractivity contribution < 1.29 is 9.90 Å². The molecule has 0 radical (unpaired) electrons. The number of benzene rings is 2. The molecule has 2 aromatic carbocycles. The molecule has 0 atom stereocenters. The van der Waals surface area contributed by atoms with Crippen LogP contribution in [0.3, 0.4) is 0 Å². The van der Waals surface area contributed by atoms with Crippen molar-refractivity contribution in [3.8, 4) is 0 Å². The van der Waals surface area contributed by atoms with Crippen molar-refractivity contribution in [3.05, 3.63) is 94.2 Å². The molecule has 3 rings (SSSR count). The smallest absolute Gasteiger partial charge is 0.281 e. The molecular formula is C19H16N2O2S. The van der Waals surface area contributed by atoms with Gasteiger partial charge in [-0.05, 0) is 22.6 Å². The molecule has 0 bridgehead atoms. The number of hydrogen-bond donors (Lipinski definition) is 2. The van der Waals surface area contributed by atoms with Crippen molar-refractivity contribution in [2.75, 3.05) is 0 Å². The Balaban J connectivity index is 1.91. The summed E-state index contributed by atoms with van der Waals surface area (Å²) in [6.45, 7) is 0. The molecule has 2 N–H and O–H groups in total. The fourth-order valence-electron chi connectivity index (χ4n) is 2.39. The van der Waals surface area contributed by atoms with Gasteiger partial charge in [0.1, 0.15) is 0 Å². The van der Waals surface area contributed by atoms with Crippen molar-refractivity contribution in [2.24, 2.45) is 5.10 Å². The molecule has 0 spiro atoms. The van der Waals surface area contributed by atoms with Gasteiger partial charge < -0.3 is 5.11 Å². The van der Waals surface area contributed by atoms with Crippen LogP contribution in [0.25, 0.3) is 0 Å². The van der Waals surface area contributed by atoms with E-state index < -0.39 is 11.5 Å². The highest BCUT2D eigenvalue weighted by Crippen LogP contribution is 2.29. The summed E-state index contributed by atoms with van der Waals surface area (Å²) in [6, 6.07) is 21.5. The number of carbonyl (C=O) groups excluding carboxylic acids is 1. The minimum Gasteiger partial charge on any atom is -0.372 e. The van der Waals surface area contributed by atoms with E-state index in [4.69, 9.17) is 0 Å². The van der Waals surface area contributed by atoms with Gasteiger partial charge in [-0.25, -0.2) is 5.43 Å². The van der Waals surface area contributed by atoms with Crippen LogP contribution in [0.5, 0.6) is 0 Å². The van der Waals surface area contributed by atoms with E-state index in [1.54, 1.807) is 54.7 Å². The van der Waals surface area contributed by atoms with Crippen LogP contribution in [0.15, 0.2) is 83.3 Å². The SMILES string of the molecule is O=C(N/N=C/c1cccs1)C(O)(c1ccccc1)c1ccccc1. The van der Waals surface area contributed by atoms with E-state index in [1.165, 1.54) is 11.3 Å². The first-order valence-corrected chi connectivity index (χ1v) is 8.29. The Morgan fingerprint density at radius 1 is 0.958 bits per heavy atom. The number of aliphatic hydroxyl groups is 1. The van der Waals surface area contributed by atoms with Crippen molar-refractivity contribution in [1.82, 2.24) is 5.43 Å². The highest BCUT2D eigenvalue weighted by molar-refractivity contribution is 7.11. The fourth-order valence-corrected chi connectivity index (χ4v) is 2.97. The minimum atomic E-state index is -1.81. The zero-order chi connectivity index (χ0) is 16.8. The van der Waals surface area contributed by atoms with Crippen molar-refractivity contribution in [1.29, 1.82) is 0 Å². The predicted molar refractivity (Wildman–Crippen MR) is 95.9 cm³/mol. The molecule has 1 aromatic heterocycles. The molecule has 4 nitrogen and oxygen atoms in total. The van der Waals surface area contributed by atoms with Crippen molar-refractivity contribution in [2.45, 2.75) is 5.60 Å². The summed E-state index contributed by atoms with van der Waals surface area (Å²) in [5.41, 5.74) is 1.61. The molecule has 0 fully saturated rings. The van der Waals surface area contributed by atoms with E-state index in [0.29, 0.717) is 11.1 Å². The van der Waals surface area contributed by atoms with Gasteiger partial charge in [-0.3, -0.25) is 4.79 Å². The van der Waals surface area contributed by atoms with Crippen LogP contribution >= 0.6 is 11.3 Å². The summed E-state index contributed by atoms with van der Waals surface area (Å²) in [6.07, 6.45) is 1.55. The summed E-state index contributed by atoms with van der Waals surface area (Å²) in [5.74, 6) is -0.604. The summed E-state index contributed by atoms with van der Waals surface area (Å²) in [5, 5.41) is 17.1. The summed E-state index contributed by atoms with van der Waals surface area (Å²) < 4.78 is 0. The zero-order valence-electron chi connectivity index (χ0n) is 12.8. The van der Waals surface area contributed by atoms with Crippen LogP contribution in [-0.4, -0.2) is 17.2 Å². The average molecular weight is 336 g/mol. The zero-order valence-corrected chi connectivity index (χ0v) is 13.6. The molecule has 24 heavy (non-hydrogen) atoms. The molecule has 120 valence electrons. The first-order chi connectivity index (χ1) is 11.7. The number of carbonyl (C=O) groups is 1. The Bertz CT molecular complexity index is 776. The molecule has 0 saturated carbocycles. The Hall–Kier alpha value is -2.76. The van der Waals surface area contributed by atoms with Crippen LogP contribution in [0, 0.1) is 0 Å². The number of nitrogens with zero attached hydrogens (tertiary/aromatic N) is 1. The third kappa shape index (κ3) is 3.27. The maximum atomic E-state index is 12.7. The third-order valence-corrected chi connectivity index (χ3v) is 4.42. The van der Waals surface area contributed by atoms with Crippen LogP contribution in [-0.2, 0) is 10.4 Å². The monoisotopic (exact) mass is 336 g/mol. The molecule has 0 aliphatic rings. The standard InChI is InChI=1S/C19H16N2O2S/c22-18(21-20-14-17-12-7-13-24-17)19(23,15-8-3-1-4-9-15)16-10-5-2-6-11-16/h1-14,23H,(H,21,22)/b20-14+. The van der Waals surface area contributed by atoms with E-state index in [-0.39, 0.29) is 0 Å². The van der Waals surface area contributed by atoms with E-state index in [1.807, 2.05) is 29.6 Å². The van der Waals surface area contributed by atoms with Gasteiger partial charge in [0.25, 0.3) is 5.91 Å². The highest BCUT2D eigenvalue weighted by atomic mass is 32.1. The summed E-state index contributed by atoms with van der Waals surface area (Å²) >= 11 is 1.51. The normalized spacial score (nSPS) is 11.5. The van der Waals surface area contributed by atoms with E-state index in [2.05, 4.69) is 10.5 Å². The lowest BCUT2D eigenvalue weighted by Gasteiger charge is -2.26. The Labute approximate surface area is 144 Å². The Morgan fingerprint density at radius 3 is 2.04 bits per heavy atom. The number of hydrazone groups is 1. The Morgan fingerprint density at radius 2 is 1.54 bits per heavy atom. The maximum absolute atomic E-state index is 12.7. The van der Waals surface area contributed by atoms with Crippen LogP contribution < -0.4 is 5.43 Å². The quantitative estimate of drug-likeness (QED) is 0.555. The van der Waals surface area contributed by atoms with Gasteiger partial charge in [-0.15, -0.1) is 11.3 Å². The lowest BCUT2D eigenvalue weighted by Crippen LogP contribution is -2.43. The largest absolute Gasteiger partial charge is 0.372 e. The lowest BCUT2D eigenvalue weighted by molar-refractivity contribution is -0.136. The van der Waals surface area contributed by atoms with Crippen LogP contribution in [0.2, 0.25) is 0 Å². The Kier molecular flexibility index (Phi) is 4.84. The van der Waals surface area contributed by atoms with Crippen LogP contribution in [0.4, 0.5) is 0 Å². The fraction of sp³-hybridized carbons (Fsp3) is 0.0526. The van der Waals surface area contributed by atoms with Crippen molar-refractivity contribution in [3.63, 3.8) is 0 Å². The van der Waals surface area contributed by atoms with Gasteiger partial charge in [-0.2, -0.15) is 5.10 Å². The van der Waals surface area contributed by atoms with E-state index in [0.717, 1.165) is 4.88 Å². The molecule has 1 amide bonds. The minimum absolute atomic E-state index is 0.486. The predicted octanol–water partition coefficient (Wildman–Crippen LogP) is 3.13. The van der Waals surface area contributed by atoms with Gasteiger partial charge in [0, 0.05) is 4.88 Å². The molecule has 0 saturated heterocycles. The molecule has 0 unspecified atom stereocenters.